The Bertz CT molecular complexity index is 371. The number of nitrogens with one attached hydrogen (secondary N) is 2. The number of anilines is 1. The maximum Gasteiger partial charge on any atom is 0.242 e. The molecule has 0 radical (unpaired) electrons. The molecule has 2 N–H and O–H groups in total. The Kier molecular flexibility index (Phi) is 5.69. The maximum atomic E-state index is 11.7. The van der Waals surface area contributed by atoms with Crippen molar-refractivity contribution in [2.45, 2.75) is 46.1 Å². The predicted molar refractivity (Wildman–Crippen MR) is 76.9 cm³/mol. The molecule has 18 heavy (non-hydrogen) atoms. The summed E-state index contributed by atoms with van der Waals surface area (Å²) in [7, 11) is 0. The average molecular weight is 248 g/mol. The fourth-order valence-corrected chi connectivity index (χ4v) is 1.68. The molecule has 1 amide bonds. The Morgan fingerprint density at radius 2 is 1.78 bits per heavy atom. The zero-order chi connectivity index (χ0) is 13.5. The van der Waals surface area contributed by atoms with E-state index in [2.05, 4.69) is 36.6 Å². The van der Waals surface area contributed by atoms with Crippen LogP contribution in [0.25, 0.3) is 0 Å². The number of carbonyl (C=O) groups is 1. The highest BCUT2D eigenvalue weighted by Gasteiger charge is 2.11. The predicted octanol–water partition coefficient (Wildman–Crippen LogP) is 3.14. The van der Waals surface area contributed by atoms with Crippen LogP contribution in [0.15, 0.2) is 24.3 Å². The van der Waals surface area contributed by atoms with Crippen molar-refractivity contribution >= 4 is 11.6 Å². The normalized spacial score (nSPS) is 12.3. The Balaban J connectivity index is 2.53. The van der Waals surface area contributed by atoms with Gasteiger partial charge in [-0.25, -0.2) is 0 Å². The molecular weight excluding hydrogens is 224 g/mol. The molecule has 0 aliphatic carbocycles. The molecule has 3 nitrogen and oxygen atoms in total. The van der Waals surface area contributed by atoms with Gasteiger partial charge in [0.2, 0.25) is 5.91 Å². The van der Waals surface area contributed by atoms with Crippen molar-refractivity contribution in [1.29, 1.82) is 0 Å². The molecule has 1 aromatic rings. The lowest BCUT2D eigenvalue weighted by Gasteiger charge is -2.15. The van der Waals surface area contributed by atoms with Crippen LogP contribution in [0.2, 0.25) is 0 Å². The molecule has 3 heteroatoms. The first kappa shape index (κ1) is 14.6. The third-order valence-electron chi connectivity index (χ3n) is 2.90. The molecule has 1 atom stereocenters. The highest BCUT2D eigenvalue weighted by Crippen LogP contribution is 2.17. The molecule has 1 unspecified atom stereocenters. The highest BCUT2D eigenvalue weighted by molar-refractivity contribution is 5.84. The molecule has 100 valence electrons. The summed E-state index contributed by atoms with van der Waals surface area (Å²) < 4.78 is 0. The van der Waals surface area contributed by atoms with E-state index >= 15 is 0 Å². The molecule has 0 saturated carbocycles. The summed E-state index contributed by atoms with van der Waals surface area (Å²) in [6.07, 6.45) is 0.960. The van der Waals surface area contributed by atoms with Crippen LogP contribution in [0.4, 0.5) is 5.69 Å². The molecule has 0 heterocycles. The van der Waals surface area contributed by atoms with Gasteiger partial charge in [-0.05, 0) is 37.0 Å². The van der Waals surface area contributed by atoms with Crippen LogP contribution >= 0.6 is 0 Å². The minimum absolute atomic E-state index is 0.0461. The monoisotopic (exact) mass is 248 g/mol. The van der Waals surface area contributed by atoms with Gasteiger partial charge in [0.15, 0.2) is 0 Å². The molecule has 0 aliphatic rings. The first-order valence-corrected chi connectivity index (χ1v) is 6.68. The van der Waals surface area contributed by atoms with Crippen LogP contribution in [-0.4, -0.2) is 18.5 Å². The number of carbonyl (C=O) groups excluding carboxylic acids is 1. The Hall–Kier alpha value is -1.51. The largest absolute Gasteiger partial charge is 0.374 e. The van der Waals surface area contributed by atoms with Gasteiger partial charge in [0.1, 0.15) is 6.04 Å². The fourth-order valence-electron chi connectivity index (χ4n) is 1.68. The third kappa shape index (κ3) is 4.40. The number of hydrogen-bond donors (Lipinski definition) is 2. The van der Waals surface area contributed by atoms with E-state index in [9.17, 15) is 4.79 Å². The molecule has 0 aromatic heterocycles. The zero-order valence-corrected chi connectivity index (χ0v) is 11.8. The number of rotatable bonds is 6. The van der Waals surface area contributed by atoms with E-state index in [1.165, 1.54) is 5.56 Å². The summed E-state index contributed by atoms with van der Waals surface area (Å²) in [6.45, 7) is 8.99. The molecule has 1 aromatic carbocycles. The lowest BCUT2D eigenvalue weighted by Crippen LogP contribution is -2.37. The van der Waals surface area contributed by atoms with Crippen molar-refractivity contribution in [2.24, 2.45) is 0 Å². The summed E-state index contributed by atoms with van der Waals surface area (Å²) in [5, 5.41) is 6.09. The summed E-state index contributed by atoms with van der Waals surface area (Å²) in [6, 6.07) is 8.05. The molecule has 1 rings (SSSR count). The van der Waals surface area contributed by atoms with Crippen LogP contribution in [0.1, 0.15) is 45.6 Å². The quantitative estimate of drug-likeness (QED) is 0.812. The molecular formula is C15H24N2O. The van der Waals surface area contributed by atoms with Crippen molar-refractivity contribution < 1.29 is 4.79 Å². The Morgan fingerprint density at radius 1 is 1.17 bits per heavy atom. The summed E-state index contributed by atoms with van der Waals surface area (Å²) in [5.74, 6) is 0.578. The Labute approximate surface area is 110 Å². The minimum atomic E-state index is -0.207. The van der Waals surface area contributed by atoms with E-state index in [-0.39, 0.29) is 11.9 Å². The van der Waals surface area contributed by atoms with E-state index in [1.807, 2.05) is 26.0 Å². The first-order valence-electron chi connectivity index (χ1n) is 6.68. The van der Waals surface area contributed by atoms with Crippen molar-refractivity contribution in [1.82, 2.24) is 5.32 Å². The fraction of sp³-hybridized carbons (Fsp3) is 0.533. The lowest BCUT2D eigenvalue weighted by molar-refractivity contribution is -0.121. The van der Waals surface area contributed by atoms with Gasteiger partial charge >= 0.3 is 0 Å². The SMILES string of the molecule is CCCNC(=O)C(C)Nc1ccc(C(C)C)cc1. The number of amides is 1. The maximum absolute atomic E-state index is 11.7. The number of benzene rings is 1. The topological polar surface area (TPSA) is 41.1 Å². The van der Waals surface area contributed by atoms with Gasteiger partial charge in [0.25, 0.3) is 0 Å². The minimum Gasteiger partial charge on any atom is -0.374 e. The number of hydrogen-bond acceptors (Lipinski definition) is 2. The second kappa shape index (κ2) is 7.04. The van der Waals surface area contributed by atoms with Crippen LogP contribution in [-0.2, 0) is 4.79 Å². The standard InChI is InChI=1S/C15H24N2O/c1-5-10-16-15(18)12(4)17-14-8-6-13(7-9-14)11(2)3/h6-9,11-12,17H,5,10H2,1-4H3,(H,16,18). The second-order valence-corrected chi connectivity index (χ2v) is 4.93. The summed E-state index contributed by atoms with van der Waals surface area (Å²) in [4.78, 5) is 11.7. The van der Waals surface area contributed by atoms with E-state index in [4.69, 9.17) is 0 Å². The van der Waals surface area contributed by atoms with Crippen molar-refractivity contribution in [2.75, 3.05) is 11.9 Å². The van der Waals surface area contributed by atoms with Crippen LogP contribution in [0, 0.1) is 0 Å². The lowest BCUT2D eigenvalue weighted by atomic mass is 10.0. The average Bonchev–Trinajstić information content (AvgIpc) is 2.36. The molecule has 0 aliphatic heterocycles. The van der Waals surface area contributed by atoms with E-state index in [1.54, 1.807) is 0 Å². The zero-order valence-electron chi connectivity index (χ0n) is 11.8. The summed E-state index contributed by atoms with van der Waals surface area (Å²) >= 11 is 0. The van der Waals surface area contributed by atoms with Crippen molar-refractivity contribution in [3.05, 3.63) is 29.8 Å². The van der Waals surface area contributed by atoms with Crippen LogP contribution in [0.3, 0.4) is 0 Å². The van der Waals surface area contributed by atoms with Gasteiger partial charge in [-0.3, -0.25) is 4.79 Å². The molecule has 0 bridgehead atoms. The van der Waals surface area contributed by atoms with Gasteiger partial charge < -0.3 is 10.6 Å². The van der Waals surface area contributed by atoms with Gasteiger partial charge in [0, 0.05) is 12.2 Å². The molecule has 0 spiro atoms. The van der Waals surface area contributed by atoms with Crippen LogP contribution in [0.5, 0.6) is 0 Å². The van der Waals surface area contributed by atoms with E-state index in [0.717, 1.165) is 18.7 Å². The van der Waals surface area contributed by atoms with Gasteiger partial charge in [-0.1, -0.05) is 32.9 Å². The first-order chi connectivity index (χ1) is 8.54. The van der Waals surface area contributed by atoms with Crippen molar-refractivity contribution in [3.63, 3.8) is 0 Å². The van der Waals surface area contributed by atoms with Gasteiger partial charge in [0.05, 0.1) is 0 Å². The van der Waals surface area contributed by atoms with Gasteiger partial charge in [-0.2, -0.15) is 0 Å². The van der Waals surface area contributed by atoms with E-state index in [0.29, 0.717) is 5.92 Å². The molecule has 0 fully saturated rings. The summed E-state index contributed by atoms with van der Waals surface area (Å²) in [5.41, 5.74) is 2.29. The highest BCUT2D eigenvalue weighted by atomic mass is 16.2. The smallest absolute Gasteiger partial charge is 0.242 e. The Morgan fingerprint density at radius 3 is 2.28 bits per heavy atom. The van der Waals surface area contributed by atoms with Crippen LogP contribution < -0.4 is 10.6 Å². The third-order valence-corrected chi connectivity index (χ3v) is 2.90. The second-order valence-electron chi connectivity index (χ2n) is 4.93. The van der Waals surface area contributed by atoms with E-state index < -0.39 is 0 Å². The van der Waals surface area contributed by atoms with Gasteiger partial charge in [-0.15, -0.1) is 0 Å². The molecule has 0 saturated heterocycles. The van der Waals surface area contributed by atoms with Crippen molar-refractivity contribution in [3.8, 4) is 0 Å².